The number of aromatic nitrogens is 4. The van der Waals surface area contributed by atoms with E-state index in [4.69, 9.17) is 24.4 Å². The highest BCUT2D eigenvalue weighted by atomic mass is 16.5. The van der Waals surface area contributed by atoms with Gasteiger partial charge in [0.2, 0.25) is 0 Å². The molecule has 0 bridgehead atoms. The molecule has 1 unspecified atom stereocenters. The van der Waals surface area contributed by atoms with Gasteiger partial charge in [0, 0.05) is 29.1 Å². The number of esters is 1. The molecule has 0 radical (unpaired) electrons. The molecule has 0 fully saturated rings. The molecule has 3 aromatic heterocycles. The third-order valence-corrected chi connectivity index (χ3v) is 7.05. The molecule has 0 aliphatic heterocycles. The molecule has 1 atom stereocenters. The highest BCUT2D eigenvalue weighted by Crippen LogP contribution is 2.36. The van der Waals surface area contributed by atoms with Crippen LogP contribution in [0.15, 0.2) is 115 Å². The van der Waals surface area contributed by atoms with Gasteiger partial charge in [0.15, 0.2) is 5.65 Å². The first-order valence-corrected chi connectivity index (χ1v) is 13.1. The van der Waals surface area contributed by atoms with Gasteiger partial charge in [-0.25, -0.2) is 14.8 Å². The summed E-state index contributed by atoms with van der Waals surface area (Å²) in [6.07, 6.45) is 5.59. The Morgan fingerprint density at radius 2 is 1.66 bits per heavy atom. The van der Waals surface area contributed by atoms with E-state index in [1.807, 2.05) is 62.4 Å². The Kier molecular flexibility index (Phi) is 7.90. The smallest absolute Gasteiger partial charge is 0.337 e. The minimum Gasteiger partial charge on any atom is -0.501 e. The molecule has 0 spiro atoms. The number of ether oxygens (including phenoxy) is 2. The van der Waals surface area contributed by atoms with E-state index in [9.17, 15) is 4.79 Å². The first-order valence-electron chi connectivity index (χ1n) is 13.1. The molecule has 5 aromatic rings. The van der Waals surface area contributed by atoms with Crippen molar-refractivity contribution in [3.63, 3.8) is 0 Å². The maximum atomic E-state index is 12.1. The average Bonchev–Trinajstić information content (AvgIpc) is 3.40. The van der Waals surface area contributed by atoms with Gasteiger partial charge in [0.25, 0.3) is 0 Å². The summed E-state index contributed by atoms with van der Waals surface area (Å²) in [6, 6.07) is 23.1. The van der Waals surface area contributed by atoms with Crippen LogP contribution in [0, 0.1) is 0 Å². The second-order valence-corrected chi connectivity index (χ2v) is 9.45. The second kappa shape index (κ2) is 11.9. The van der Waals surface area contributed by atoms with Crippen molar-refractivity contribution in [2.24, 2.45) is 0 Å². The average molecular weight is 543 g/mol. The van der Waals surface area contributed by atoms with Crippen molar-refractivity contribution in [2.45, 2.75) is 19.9 Å². The van der Waals surface area contributed by atoms with Gasteiger partial charge >= 0.3 is 5.97 Å². The fraction of sp³-hybridized carbons (Fsp3) is 0.147. The lowest BCUT2D eigenvalue weighted by molar-refractivity contribution is 0.0600. The molecule has 5 rings (SSSR count). The molecule has 0 amide bonds. The van der Waals surface area contributed by atoms with Crippen LogP contribution in [0.3, 0.4) is 0 Å². The largest absolute Gasteiger partial charge is 0.501 e. The van der Waals surface area contributed by atoms with Crippen molar-refractivity contribution in [1.29, 1.82) is 0 Å². The van der Waals surface area contributed by atoms with Gasteiger partial charge in [-0.1, -0.05) is 55.1 Å². The number of pyridine rings is 1. The fourth-order valence-corrected chi connectivity index (χ4v) is 4.92. The van der Waals surface area contributed by atoms with Gasteiger partial charge in [0.1, 0.15) is 17.3 Å². The van der Waals surface area contributed by atoms with Crippen LogP contribution in [0.2, 0.25) is 0 Å². The number of benzene rings is 2. The van der Waals surface area contributed by atoms with E-state index in [-0.39, 0.29) is 12.0 Å². The van der Waals surface area contributed by atoms with Gasteiger partial charge < -0.3 is 14.0 Å². The maximum Gasteiger partial charge on any atom is 0.337 e. The van der Waals surface area contributed by atoms with E-state index in [0.29, 0.717) is 28.2 Å². The van der Waals surface area contributed by atoms with Crippen molar-refractivity contribution < 1.29 is 14.3 Å². The fourth-order valence-electron chi connectivity index (χ4n) is 4.92. The molecule has 204 valence electrons. The molecule has 41 heavy (non-hydrogen) atoms. The van der Waals surface area contributed by atoms with E-state index < -0.39 is 0 Å². The van der Waals surface area contributed by atoms with Gasteiger partial charge in [-0.3, -0.25) is 4.98 Å². The number of hydrogen-bond acceptors (Lipinski definition) is 6. The lowest BCUT2D eigenvalue weighted by atomic mass is 10.0. The molecular formula is C34H30N4O3. The summed E-state index contributed by atoms with van der Waals surface area (Å²) >= 11 is 0. The zero-order valence-electron chi connectivity index (χ0n) is 23.5. The summed E-state index contributed by atoms with van der Waals surface area (Å²) < 4.78 is 12.6. The summed E-state index contributed by atoms with van der Waals surface area (Å²) in [4.78, 5) is 26.9. The number of carbonyl (C=O) groups is 1. The Morgan fingerprint density at radius 3 is 2.29 bits per heavy atom. The van der Waals surface area contributed by atoms with Crippen LogP contribution in [0.25, 0.3) is 27.9 Å². The minimum absolute atomic E-state index is 0.278. The Labute approximate surface area is 239 Å². The zero-order valence-corrected chi connectivity index (χ0v) is 23.5. The monoisotopic (exact) mass is 542 g/mol. The first kappa shape index (κ1) is 27.3. The van der Waals surface area contributed by atoms with E-state index in [1.54, 1.807) is 31.6 Å². The summed E-state index contributed by atoms with van der Waals surface area (Å²) in [5.74, 6) is 0.301. The molecule has 3 heterocycles. The Bertz CT molecular complexity index is 1740. The van der Waals surface area contributed by atoms with Crippen LogP contribution in [0.5, 0.6) is 0 Å². The number of rotatable bonds is 8. The van der Waals surface area contributed by atoms with E-state index in [2.05, 4.69) is 35.2 Å². The Balaban J connectivity index is 1.81. The Morgan fingerprint density at radius 1 is 0.927 bits per heavy atom. The third-order valence-electron chi connectivity index (χ3n) is 7.05. The molecule has 7 heteroatoms. The molecule has 0 saturated heterocycles. The molecule has 7 nitrogen and oxygen atoms in total. The standard InChI is InChI=1S/C34H30N4O3/c1-6-22(2)30(23(3)40-4)29-20-36-31-27(24-15-17-26(18-16-24)34(39)41-5)21-38(33(31)37-29)32(25-12-8-7-9-13-25)28-14-10-11-19-35-28/h7-21,32H,1H2,2-5H3/b30-23+. The SMILES string of the molecule is C=C=C(C)/C(=C(/C)OC)c1cnc2c(-c3ccc(C(=O)OC)cc3)cn(C(c3ccccc3)c3ccccn3)c2n1. The van der Waals surface area contributed by atoms with Crippen LogP contribution in [0.4, 0.5) is 0 Å². The van der Waals surface area contributed by atoms with Crippen molar-refractivity contribution in [2.75, 3.05) is 14.2 Å². The predicted molar refractivity (Wildman–Crippen MR) is 160 cm³/mol. The Hall–Kier alpha value is -5.26. The highest BCUT2D eigenvalue weighted by Gasteiger charge is 2.25. The van der Waals surface area contributed by atoms with Crippen molar-refractivity contribution in [3.05, 3.63) is 138 Å². The lowest BCUT2D eigenvalue weighted by Gasteiger charge is -2.20. The molecule has 0 aliphatic carbocycles. The summed E-state index contributed by atoms with van der Waals surface area (Å²) in [5.41, 5.74) is 10.7. The second-order valence-electron chi connectivity index (χ2n) is 9.45. The lowest BCUT2D eigenvalue weighted by Crippen LogP contribution is -2.14. The molecule has 0 aliphatic rings. The molecule has 0 saturated carbocycles. The number of carbonyl (C=O) groups excluding carboxylic acids is 1. The summed E-state index contributed by atoms with van der Waals surface area (Å²) in [6.45, 7) is 7.64. The van der Waals surface area contributed by atoms with Crippen molar-refractivity contribution >= 4 is 22.7 Å². The van der Waals surface area contributed by atoms with Gasteiger partial charge in [-0.05, 0) is 49.2 Å². The number of hydrogen-bond donors (Lipinski definition) is 0. The van der Waals surface area contributed by atoms with Crippen LogP contribution >= 0.6 is 0 Å². The highest BCUT2D eigenvalue weighted by molar-refractivity contribution is 5.94. The molecular weight excluding hydrogens is 512 g/mol. The van der Waals surface area contributed by atoms with E-state index in [0.717, 1.165) is 33.5 Å². The number of fused-ring (bicyclic) bond motifs is 1. The number of allylic oxidation sites excluding steroid dienone is 3. The first-order chi connectivity index (χ1) is 20.0. The third kappa shape index (κ3) is 5.31. The van der Waals surface area contributed by atoms with Gasteiger partial charge in [-0.2, -0.15) is 0 Å². The normalized spacial score (nSPS) is 12.3. The topological polar surface area (TPSA) is 79.1 Å². The minimum atomic E-state index is -0.388. The summed E-state index contributed by atoms with van der Waals surface area (Å²) in [7, 11) is 3.00. The number of methoxy groups -OCH3 is 2. The molecule has 2 aromatic carbocycles. The van der Waals surface area contributed by atoms with Crippen LogP contribution in [-0.2, 0) is 9.47 Å². The predicted octanol–water partition coefficient (Wildman–Crippen LogP) is 7.03. The van der Waals surface area contributed by atoms with Crippen molar-refractivity contribution in [1.82, 2.24) is 19.5 Å². The van der Waals surface area contributed by atoms with E-state index >= 15 is 0 Å². The van der Waals surface area contributed by atoms with E-state index in [1.165, 1.54) is 7.11 Å². The van der Waals surface area contributed by atoms with Crippen LogP contribution in [0.1, 0.15) is 47.2 Å². The maximum absolute atomic E-state index is 12.1. The summed E-state index contributed by atoms with van der Waals surface area (Å²) in [5, 5.41) is 0. The quantitative estimate of drug-likeness (QED) is 0.0907. The van der Waals surface area contributed by atoms with Crippen molar-refractivity contribution in [3.8, 4) is 11.1 Å². The van der Waals surface area contributed by atoms with Gasteiger partial charge in [-0.15, -0.1) is 5.73 Å². The zero-order chi connectivity index (χ0) is 28.9. The van der Waals surface area contributed by atoms with Gasteiger partial charge in [0.05, 0.1) is 37.4 Å². The molecule has 0 N–H and O–H groups in total. The van der Waals surface area contributed by atoms with Crippen LogP contribution < -0.4 is 0 Å². The number of nitrogens with zero attached hydrogens (tertiary/aromatic N) is 4. The van der Waals surface area contributed by atoms with Crippen LogP contribution in [-0.4, -0.2) is 39.7 Å².